The molecule has 1 saturated carbocycles. The topological polar surface area (TPSA) is 93.1 Å². The van der Waals surface area contributed by atoms with Gasteiger partial charge in [0.15, 0.2) is 0 Å². The van der Waals surface area contributed by atoms with E-state index in [2.05, 4.69) is 92.9 Å². The summed E-state index contributed by atoms with van der Waals surface area (Å²) in [7, 11) is 0. The third kappa shape index (κ3) is 11.3. The van der Waals surface area contributed by atoms with Crippen molar-refractivity contribution < 1.29 is 29.3 Å². The van der Waals surface area contributed by atoms with E-state index in [0.717, 1.165) is 30.7 Å². The van der Waals surface area contributed by atoms with Crippen molar-refractivity contribution in [3.05, 3.63) is 119 Å². The van der Waals surface area contributed by atoms with Crippen LogP contribution in [0.25, 0.3) is 11.1 Å². The van der Waals surface area contributed by atoms with E-state index in [9.17, 15) is 9.59 Å². The Morgan fingerprint density at radius 2 is 1.15 bits per heavy atom. The maximum Gasteiger partial charge on any atom is 0.335 e. The van der Waals surface area contributed by atoms with Gasteiger partial charge in [0.1, 0.15) is 0 Å². The molecule has 3 aromatic rings. The monoisotopic (exact) mass is 652 g/mol. The van der Waals surface area contributed by atoms with Crippen LogP contribution in [0.2, 0.25) is 0 Å². The van der Waals surface area contributed by atoms with Crippen molar-refractivity contribution in [3.63, 3.8) is 0 Å². The third-order valence-electron chi connectivity index (χ3n) is 9.62. The van der Waals surface area contributed by atoms with Gasteiger partial charge in [0, 0.05) is 5.92 Å². The molecule has 1 aliphatic rings. The van der Waals surface area contributed by atoms with Crippen LogP contribution in [0.15, 0.2) is 97.1 Å². The molecule has 2 N–H and O–H groups in total. The van der Waals surface area contributed by atoms with Crippen LogP contribution in [0, 0.1) is 11.8 Å². The number of hydrogen-bond donors (Lipinski definition) is 2. The SMILES string of the molecule is C=C(CO)C(=O)OCC(CCc1ccc(CCC2CCC(c3ccc(-c4ccc(CCC)cc4)cc3)CC2)cc1)COC(=O)C(=C)CO. The highest BCUT2D eigenvalue weighted by Gasteiger charge is 2.22. The Balaban J connectivity index is 1.20. The Kier molecular flexibility index (Phi) is 14.7. The van der Waals surface area contributed by atoms with Crippen molar-refractivity contribution in [1.29, 1.82) is 0 Å². The molecule has 0 bridgehead atoms. The lowest BCUT2D eigenvalue weighted by Crippen LogP contribution is -2.23. The summed E-state index contributed by atoms with van der Waals surface area (Å²) < 4.78 is 10.5. The summed E-state index contributed by atoms with van der Waals surface area (Å²) in [6.45, 7) is 8.29. The number of aryl methyl sites for hydroxylation is 3. The first kappa shape index (κ1) is 36.8. The van der Waals surface area contributed by atoms with Crippen LogP contribution in [0.3, 0.4) is 0 Å². The summed E-state index contributed by atoms with van der Waals surface area (Å²) in [5.74, 6) is -0.197. The standard InChI is InChI=1S/C42H52O6/c1-4-5-32-14-18-37(19-15-32)39-22-24-40(25-23-39)38-20-16-35(17-21-38)11-10-33-6-8-34(9-7-33)12-13-36(28-47-41(45)30(2)26-43)29-48-42(46)31(3)27-44/h6-9,14-15,18-19,22-25,35-36,38,43-44H,2-5,10-13,16-17,20-21,26-29H2,1H3. The first-order chi connectivity index (χ1) is 23.3. The fraction of sp³-hybridized carbons (Fsp3) is 0.429. The number of carbonyl (C=O) groups excluding carboxylic acids is 2. The molecular formula is C42H52O6. The van der Waals surface area contributed by atoms with E-state index in [1.807, 2.05) is 0 Å². The Morgan fingerprint density at radius 3 is 1.65 bits per heavy atom. The average Bonchev–Trinajstić information content (AvgIpc) is 3.13. The fourth-order valence-electron chi connectivity index (χ4n) is 6.43. The molecule has 0 amide bonds. The highest BCUT2D eigenvalue weighted by Crippen LogP contribution is 2.38. The van der Waals surface area contributed by atoms with Crippen molar-refractivity contribution in [3.8, 4) is 11.1 Å². The summed E-state index contributed by atoms with van der Waals surface area (Å²) in [6, 6.07) is 26.9. The van der Waals surface area contributed by atoms with Gasteiger partial charge < -0.3 is 19.7 Å². The van der Waals surface area contributed by atoms with Crippen molar-refractivity contribution >= 4 is 11.9 Å². The zero-order valence-electron chi connectivity index (χ0n) is 28.5. The zero-order chi connectivity index (χ0) is 34.3. The van der Waals surface area contributed by atoms with Gasteiger partial charge in [-0.2, -0.15) is 0 Å². The number of benzene rings is 3. The molecule has 3 aromatic carbocycles. The molecule has 0 atom stereocenters. The van der Waals surface area contributed by atoms with Gasteiger partial charge in [0.2, 0.25) is 0 Å². The molecule has 48 heavy (non-hydrogen) atoms. The molecule has 6 nitrogen and oxygen atoms in total. The molecule has 0 saturated heterocycles. The van der Waals surface area contributed by atoms with E-state index in [-0.39, 0.29) is 30.3 Å². The largest absolute Gasteiger partial charge is 0.462 e. The van der Waals surface area contributed by atoms with E-state index in [1.165, 1.54) is 66.3 Å². The van der Waals surface area contributed by atoms with Gasteiger partial charge in [-0.05, 0) is 103 Å². The normalized spacial score (nSPS) is 16.0. The molecule has 256 valence electrons. The molecular weight excluding hydrogens is 600 g/mol. The molecule has 0 heterocycles. The number of aliphatic hydroxyl groups is 2. The number of carbonyl (C=O) groups is 2. The van der Waals surface area contributed by atoms with Gasteiger partial charge >= 0.3 is 11.9 Å². The maximum absolute atomic E-state index is 12.0. The molecule has 0 aromatic heterocycles. The lowest BCUT2D eigenvalue weighted by atomic mass is 9.76. The Morgan fingerprint density at radius 1 is 0.688 bits per heavy atom. The number of esters is 2. The van der Waals surface area contributed by atoms with Crippen molar-refractivity contribution in [1.82, 2.24) is 0 Å². The van der Waals surface area contributed by atoms with E-state index in [1.54, 1.807) is 0 Å². The maximum atomic E-state index is 12.0. The summed E-state index contributed by atoms with van der Waals surface area (Å²) in [6.07, 6.45) is 11.0. The second-order valence-electron chi connectivity index (χ2n) is 13.3. The van der Waals surface area contributed by atoms with Gasteiger partial charge in [-0.3, -0.25) is 0 Å². The van der Waals surface area contributed by atoms with Crippen LogP contribution in [-0.4, -0.2) is 48.6 Å². The molecule has 0 aliphatic heterocycles. The lowest BCUT2D eigenvalue weighted by molar-refractivity contribution is -0.144. The Bertz CT molecular complexity index is 1430. The van der Waals surface area contributed by atoms with Crippen LogP contribution in [0.4, 0.5) is 0 Å². The van der Waals surface area contributed by atoms with Crippen molar-refractivity contribution in [2.24, 2.45) is 11.8 Å². The minimum absolute atomic E-state index is 0.0238. The Hall–Kier alpha value is -4.00. The molecule has 4 rings (SSSR count). The minimum atomic E-state index is -0.676. The number of aliphatic hydroxyl groups excluding tert-OH is 2. The predicted molar refractivity (Wildman–Crippen MR) is 192 cm³/mol. The minimum Gasteiger partial charge on any atom is -0.462 e. The van der Waals surface area contributed by atoms with Crippen molar-refractivity contribution in [2.75, 3.05) is 26.4 Å². The van der Waals surface area contributed by atoms with Crippen molar-refractivity contribution in [2.45, 2.75) is 77.0 Å². The van der Waals surface area contributed by atoms with E-state index >= 15 is 0 Å². The molecule has 6 heteroatoms. The summed E-state index contributed by atoms with van der Waals surface area (Å²) in [4.78, 5) is 24.0. The molecule has 0 unspecified atom stereocenters. The van der Waals surface area contributed by atoms with E-state index in [0.29, 0.717) is 12.3 Å². The van der Waals surface area contributed by atoms with Crippen LogP contribution in [-0.2, 0) is 38.3 Å². The zero-order valence-corrected chi connectivity index (χ0v) is 28.5. The molecule has 1 fully saturated rings. The van der Waals surface area contributed by atoms with Gasteiger partial charge in [-0.15, -0.1) is 0 Å². The van der Waals surface area contributed by atoms with E-state index < -0.39 is 25.2 Å². The summed E-state index contributed by atoms with van der Waals surface area (Å²) in [5.41, 5.74) is 7.89. The Labute approximate surface area is 286 Å². The predicted octanol–water partition coefficient (Wildman–Crippen LogP) is 7.94. The molecule has 0 spiro atoms. The van der Waals surface area contributed by atoms with Gasteiger partial charge in [0.05, 0.1) is 37.6 Å². The van der Waals surface area contributed by atoms with Crippen LogP contribution < -0.4 is 0 Å². The smallest absolute Gasteiger partial charge is 0.335 e. The van der Waals surface area contributed by atoms with Gasteiger partial charge in [-0.25, -0.2) is 9.59 Å². The van der Waals surface area contributed by atoms with Crippen LogP contribution in [0.1, 0.15) is 80.0 Å². The van der Waals surface area contributed by atoms with Crippen LogP contribution >= 0.6 is 0 Å². The first-order valence-electron chi connectivity index (χ1n) is 17.5. The number of ether oxygens (including phenoxy) is 2. The number of hydrogen-bond acceptors (Lipinski definition) is 6. The summed E-state index contributed by atoms with van der Waals surface area (Å²) >= 11 is 0. The highest BCUT2D eigenvalue weighted by atomic mass is 16.5. The highest BCUT2D eigenvalue weighted by molar-refractivity contribution is 5.88. The first-order valence-corrected chi connectivity index (χ1v) is 17.5. The fourth-order valence-corrected chi connectivity index (χ4v) is 6.43. The van der Waals surface area contributed by atoms with Gasteiger partial charge in [0.25, 0.3) is 0 Å². The third-order valence-corrected chi connectivity index (χ3v) is 9.62. The lowest BCUT2D eigenvalue weighted by Gasteiger charge is -2.29. The molecule has 0 radical (unpaired) electrons. The quantitative estimate of drug-likeness (QED) is 0.107. The second-order valence-corrected chi connectivity index (χ2v) is 13.3. The second kappa shape index (κ2) is 19.1. The molecule has 1 aliphatic carbocycles. The average molecular weight is 653 g/mol. The van der Waals surface area contributed by atoms with Crippen LogP contribution in [0.5, 0.6) is 0 Å². The number of rotatable bonds is 18. The van der Waals surface area contributed by atoms with E-state index in [4.69, 9.17) is 19.7 Å². The summed E-state index contributed by atoms with van der Waals surface area (Å²) in [5, 5.41) is 18.3. The van der Waals surface area contributed by atoms with Gasteiger partial charge in [-0.1, -0.05) is 99.3 Å².